The fraction of sp³-hybridized carbons (Fsp3) is 0.0323. The van der Waals surface area contributed by atoms with Crippen molar-refractivity contribution in [2.75, 3.05) is 4.90 Å². The van der Waals surface area contributed by atoms with E-state index in [0.717, 1.165) is 22.6 Å². The van der Waals surface area contributed by atoms with Gasteiger partial charge in [-0.2, -0.15) is 0 Å². The number of benzene rings is 11. The lowest BCUT2D eigenvalue weighted by molar-refractivity contribution is 0.714. The third kappa shape index (κ3) is 6.00. The summed E-state index contributed by atoms with van der Waals surface area (Å²) in [6.45, 7) is 2.38. The summed E-state index contributed by atoms with van der Waals surface area (Å²) in [6.07, 6.45) is 0. The molecule has 1 heteroatoms. The molecule has 0 fully saturated rings. The molecule has 1 atom stereocenters. The van der Waals surface area contributed by atoms with Gasteiger partial charge in [0, 0.05) is 22.5 Å². The molecule has 12 rings (SSSR count). The maximum atomic E-state index is 2.44. The third-order valence-corrected chi connectivity index (χ3v) is 13.5. The van der Waals surface area contributed by atoms with Crippen molar-refractivity contribution in [3.63, 3.8) is 0 Å². The minimum absolute atomic E-state index is 0.264. The quantitative estimate of drug-likeness (QED) is 0.145. The SMILES string of the molecule is CC1(c2ccccc2)c2ccccc2-c2cc(N(c3cccc(-c4ccc5c(c4)c(-c4ccccc4)c(-c4ccccc4)c4ccccc45)c3)c3ccc4ccccc4c3)ccc21. The Morgan fingerprint density at radius 1 is 0.302 bits per heavy atom. The molecule has 0 saturated carbocycles. The van der Waals surface area contributed by atoms with Crippen LogP contribution in [0.2, 0.25) is 0 Å². The lowest BCUT2D eigenvalue weighted by Gasteiger charge is -2.30. The first kappa shape index (κ1) is 36.8. The van der Waals surface area contributed by atoms with Crippen molar-refractivity contribution in [3.8, 4) is 44.5 Å². The molecule has 0 N–H and O–H groups in total. The fourth-order valence-corrected chi connectivity index (χ4v) is 10.5. The third-order valence-electron chi connectivity index (χ3n) is 13.5. The van der Waals surface area contributed by atoms with E-state index in [9.17, 15) is 0 Å². The van der Waals surface area contributed by atoms with Gasteiger partial charge in [-0.15, -0.1) is 0 Å². The van der Waals surface area contributed by atoms with Gasteiger partial charge >= 0.3 is 0 Å². The molecule has 0 heterocycles. The van der Waals surface area contributed by atoms with E-state index in [1.54, 1.807) is 0 Å². The molecule has 0 amide bonds. The zero-order valence-electron chi connectivity index (χ0n) is 35.0. The molecule has 63 heavy (non-hydrogen) atoms. The van der Waals surface area contributed by atoms with Crippen molar-refractivity contribution in [1.29, 1.82) is 0 Å². The summed E-state index contributed by atoms with van der Waals surface area (Å²) in [7, 11) is 0. The van der Waals surface area contributed by atoms with Crippen molar-refractivity contribution < 1.29 is 0 Å². The first-order chi connectivity index (χ1) is 31.1. The van der Waals surface area contributed by atoms with Gasteiger partial charge in [0.2, 0.25) is 0 Å². The zero-order valence-corrected chi connectivity index (χ0v) is 35.0. The number of nitrogens with zero attached hydrogens (tertiary/aromatic N) is 1. The molecule has 0 radical (unpaired) electrons. The zero-order chi connectivity index (χ0) is 41.9. The predicted molar refractivity (Wildman–Crippen MR) is 267 cm³/mol. The lowest BCUT2D eigenvalue weighted by Crippen LogP contribution is -2.22. The Kier molecular flexibility index (Phi) is 8.69. The van der Waals surface area contributed by atoms with Crippen LogP contribution in [0.1, 0.15) is 23.6 Å². The Labute approximate surface area is 368 Å². The molecule has 296 valence electrons. The molecule has 11 aromatic carbocycles. The summed E-state index contributed by atoms with van der Waals surface area (Å²) in [5.41, 5.74) is 16.9. The van der Waals surface area contributed by atoms with Gasteiger partial charge in [-0.25, -0.2) is 0 Å². The highest BCUT2D eigenvalue weighted by Crippen LogP contribution is 2.54. The Morgan fingerprint density at radius 3 is 1.62 bits per heavy atom. The maximum Gasteiger partial charge on any atom is 0.0468 e. The van der Waals surface area contributed by atoms with Crippen molar-refractivity contribution >= 4 is 49.4 Å². The minimum atomic E-state index is -0.264. The predicted octanol–water partition coefficient (Wildman–Crippen LogP) is 17.0. The van der Waals surface area contributed by atoms with E-state index in [4.69, 9.17) is 0 Å². The highest BCUT2D eigenvalue weighted by Gasteiger charge is 2.41. The molecule has 0 aliphatic heterocycles. The summed E-state index contributed by atoms with van der Waals surface area (Å²) in [6, 6.07) is 89.4. The highest BCUT2D eigenvalue weighted by atomic mass is 15.1. The van der Waals surface area contributed by atoms with E-state index in [2.05, 4.69) is 254 Å². The summed E-state index contributed by atoms with van der Waals surface area (Å²) in [4.78, 5) is 2.44. The van der Waals surface area contributed by atoms with Crippen LogP contribution in [0.15, 0.2) is 243 Å². The van der Waals surface area contributed by atoms with Gasteiger partial charge in [0.05, 0.1) is 0 Å². The summed E-state index contributed by atoms with van der Waals surface area (Å²) in [5, 5.41) is 7.45. The van der Waals surface area contributed by atoms with Crippen LogP contribution in [0.5, 0.6) is 0 Å². The molecule has 11 aromatic rings. The second kappa shape index (κ2) is 14.9. The van der Waals surface area contributed by atoms with Crippen molar-refractivity contribution in [1.82, 2.24) is 0 Å². The average Bonchev–Trinajstić information content (AvgIpc) is 3.62. The highest BCUT2D eigenvalue weighted by molar-refractivity contribution is 6.22. The Morgan fingerprint density at radius 2 is 0.841 bits per heavy atom. The second-order valence-corrected chi connectivity index (χ2v) is 17.0. The molecule has 1 nitrogen and oxygen atoms in total. The second-order valence-electron chi connectivity index (χ2n) is 17.0. The monoisotopic (exact) mass is 801 g/mol. The molecule has 0 spiro atoms. The molecular weight excluding hydrogens is 759 g/mol. The van der Waals surface area contributed by atoms with Gasteiger partial charge in [-0.1, -0.05) is 200 Å². The molecule has 1 aliphatic rings. The molecule has 0 bridgehead atoms. The van der Waals surface area contributed by atoms with E-state index in [0.29, 0.717) is 0 Å². The van der Waals surface area contributed by atoms with Crippen LogP contribution in [-0.2, 0) is 5.41 Å². The normalized spacial score (nSPS) is 14.2. The van der Waals surface area contributed by atoms with E-state index < -0.39 is 0 Å². The Bertz CT molecular complexity index is 3520. The van der Waals surface area contributed by atoms with E-state index in [1.807, 2.05) is 0 Å². The lowest BCUT2D eigenvalue weighted by atomic mass is 9.74. The standard InChI is InChI=1S/C62H43N/c1-62(48-25-9-4-10-26-48)58-31-16-15-29-54(58)56-41-51(35-37-59(56)62)63(50-34-32-42-18-11-12-23-45(42)38-50)49-27-17-24-46(39-49)47-33-36-53-52-28-13-14-30-55(52)60(43-19-5-2-6-20-43)61(57(53)40-47)44-21-7-3-8-22-44/h2-41H,1H3. The molecular formula is C62H43N. The largest absolute Gasteiger partial charge is 0.310 e. The number of fused-ring (bicyclic) bond motifs is 7. The van der Waals surface area contributed by atoms with Crippen LogP contribution >= 0.6 is 0 Å². The van der Waals surface area contributed by atoms with Crippen molar-refractivity contribution in [2.45, 2.75) is 12.3 Å². The Balaban J connectivity index is 1.06. The Hall–Kier alpha value is -8.00. The van der Waals surface area contributed by atoms with Crippen LogP contribution in [0.25, 0.3) is 76.8 Å². The summed E-state index contributed by atoms with van der Waals surface area (Å²) < 4.78 is 0. The summed E-state index contributed by atoms with van der Waals surface area (Å²) >= 11 is 0. The van der Waals surface area contributed by atoms with Gasteiger partial charge in [0.15, 0.2) is 0 Å². The number of anilines is 3. The molecule has 1 unspecified atom stereocenters. The van der Waals surface area contributed by atoms with Crippen LogP contribution in [-0.4, -0.2) is 0 Å². The smallest absolute Gasteiger partial charge is 0.0468 e. The topological polar surface area (TPSA) is 3.24 Å². The van der Waals surface area contributed by atoms with Gasteiger partial charge in [-0.3, -0.25) is 0 Å². The van der Waals surface area contributed by atoms with Crippen LogP contribution in [0.3, 0.4) is 0 Å². The summed E-state index contributed by atoms with van der Waals surface area (Å²) in [5.74, 6) is 0. The van der Waals surface area contributed by atoms with E-state index in [1.165, 1.54) is 88.0 Å². The van der Waals surface area contributed by atoms with Crippen LogP contribution in [0, 0.1) is 0 Å². The maximum absolute atomic E-state index is 2.44. The van der Waals surface area contributed by atoms with Gasteiger partial charge in [-0.05, 0) is 143 Å². The van der Waals surface area contributed by atoms with E-state index in [-0.39, 0.29) is 5.41 Å². The van der Waals surface area contributed by atoms with Gasteiger partial charge in [0.25, 0.3) is 0 Å². The van der Waals surface area contributed by atoms with Crippen molar-refractivity contribution in [3.05, 3.63) is 259 Å². The van der Waals surface area contributed by atoms with Crippen LogP contribution < -0.4 is 4.90 Å². The first-order valence-electron chi connectivity index (χ1n) is 21.9. The van der Waals surface area contributed by atoms with E-state index >= 15 is 0 Å². The fourth-order valence-electron chi connectivity index (χ4n) is 10.5. The molecule has 0 aromatic heterocycles. The number of hydrogen-bond acceptors (Lipinski definition) is 1. The van der Waals surface area contributed by atoms with Gasteiger partial charge < -0.3 is 4.90 Å². The molecule has 0 saturated heterocycles. The minimum Gasteiger partial charge on any atom is -0.310 e. The van der Waals surface area contributed by atoms with Crippen LogP contribution in [0.4, 0.5) is 17.1 Å². The van der Waals surface area contributed by atoms with Crippen molar-refractivity contribution in [2.24, 2.45) is 0 Å². The first-order valence-corrected chi connectivity index (χ1v) is 21.9. The number of rotatable bonds is 7. The average molecular weight is 802 g/mol. The molecule has 1 aliphatic carbocycles. The number of hydrogen-bond donors (Lipinski definition) is 0. The van der Waals surface area contributed by atoms with Gasteiger partial charge in [0.1, 0.15) is 0 Å².